The van der Waals surface area contributed by atoms with Crippen LogP contribution in [-0.4, -0.2) is 0 Å². The lowest BCUT2D eigenvalue weighted by Gasteiger charge is -2.15. The van der Waals surface area contributed by atoms with E-state index in [4.69, 9.17) is 10.8 Å². The van der Waals surface area contributed by atoms with Crippen molar-refractivity contribution in [3.8, 4) is 12.3 Å². The van der Waals surface area contributed by atoms with Crippen LogP contribution in [0, 0.1) is 19.3 Å². The SMILES string of the molecule is C#C/C(=C\c1ccccc1)C(c1ccccc1)c1ccc(C)o1. The van der Waals surface area contributed by atoms with Crippen LogP contribution in [0.3, 0.4) is 0 Å². The third kappa shape index (κ3) is 3.44. The Labute approximate surface area is 137 Å². The average molecular weight is 298 g/mol. The molecule has 23 heavy (non-hydrogen) atoms. The van der Waals surface area contributed by atoms with Crippen molar-refractivity contribution in [2.24, 2.45) is 0 Å². The first kappa shape index (κ1) is 14.9. The Balaban J connectivity index is 2.11. The molecule has 1 unspecified atom stereocenters. The molecule has 0 aliphatic heterocycles. The Hall–Kier alpha value is -2.98. The molecule has 3 aromatic rings. The van der Waals surface area contributed by atoms with Crippen molar-refractivity contribution in [2.75, 3.05) is 0 Å². The number of allylic oxidation sites excluding steroid dienone is 1. The summed E-state index contributed by atoms with van der Waals surface area (Å²) in [7, 11) is 0. The van der Waals surface area contributed by atoms with E-state index in [0.717, 1.165) is 28.2 Å². The van der Waals surface area contributed by atoms with E-state index in [1.807, 2.05) is 67.6 Å². The Bertz CT molecular complexity index is 832. The molecular formula is C22H18O. The molecule has 3 rings (SSSR count). The minimum atomic E-state index is -0.0740. The first-order valence-corrected chi connectivity index (χ1v) is 7.62. The number of furan rings is 1. The smallest absolute Gasteiger partial charge is 0.116 e. The molecule has 0 radical (unpaired) electrons. The normalized spacial score (nSPS) is 12.6. The lowest BCUT2D eigenvalue weighted by molar-refractivity contribution is 0.478. The predicted octanol–water partition coefficient (Wildman–Crippen LogP) is 5.44. The first-order valence-electron chi connectivity index (χ1n) is 7.62. The van der Waals surface area contributed by atoms with Gasteiger partial charge in [-0.3, -0.25) is 0 Å². The highest BCUT2D eigenvalue weighted by Crippen LogP contribution is 2.33. The Morgan fingerprint density at radius 3 is 2.17 bits per heavy atom. The topological polar surface area (TPSA) is 13.1 Å². The number of hydrogen-bond donors (Lipinski definition) is 0. The summed E-state index contributed by atoms with van der Waals surface area (Å²) in [6.07, 6.45) is 7.89. The maximum Gasteiger partial charge on any atom is 0.116 e. The summed E-state index contributed by atoms with van der Waals surface area (Å²) in [5, 5.41) is 0. The monoisotopic (exact) mass is 298 g/mol. The second-order valence-corrected chi connectivity index (χ2v) is 5.45. The summed E-state index contributed by atoms with van der Waals surface area (Å²) >= 11 is 0. The first-order chi connectivity index (χ1) is 11.3. The third-order valence-electron chi connectivity index (χ3n) is 3.78. The summed E-state index contributed by atoms with van der Waals surface area (Å²) in [5.41, 5.74) is 3.10. The van der Waals surface area contributed by atoms with Crippen molar-refractivity contribution in [3.05, 3.63) is 101 Å². The molecule has 0 fully saturated rings. The molecular weight excluding hydrogens is 280 g/mol. The van der Waals surface area contributed by atoms with Crippen LogP contribution in [0.25, 0.3) is 6.08 Å². The van der Waals surface area contributed by atoms with Crippen LogP contribution >= 0.6 is 0 Å². The van der Waals surface area contributed by atoms with Crippen molar-refractivity contribution in [2.45, 2.75) is 12.8 Å². The van der Waals surface area contributed by atoms with E-state index in [-0.39, 0.29) is 5.92 Å². The Morgan fingerprint density at radius 2 is 1.61 bits per heavy atom. The molecule has 1 heterocycles. The lowest BCUT2D eigenvalue weighted by Crippen LogP contribution is -2.02. The fraction of sp³-hybridized carbons (Fsp3) is 0.0909. The van der Waals surface area contributed by atoms with Crippen LogP contribution in [0.15, 0.2) is 82.8 Å². The summed E-state index contributed by atoms with van der Waals surface area (Å²) in [5.74, 6) is 4.54. The van der Waals surface area contributed by atoms with E-state index < -0.39 is 0 Å². The lowest BCUT2D eigenvalue weighted by atomic mass is 9.88. The largest absolute Gasteiger partial charge is 0.465 e. The molecule has 112 valence electrons. The summed E-state index contributed by atoms with van der Waals surface area (Å²) in [6.45, 7) is 1.95. The Morgan fingerprint density at radius 1 is 0.957 bits per heavy atom. The van der Waals surface area contributed by atoms with Crippen molar-refractivity contribution in [1.82, 2.24) is 0 Å². The molecule has 0 spiro atoms. The van der Waals surface area contributed by atoms with E-state index in [9.17, 15) is 0 Å². The van der Waals surface area contributed by atoms with E-state index in [1.165, 1.54) is 0 Å². The van der Waals surface area contributed by atoms with Crippen molar-refractivity contribution in [3.63, 3.8) is 0 Å². The zero-order valence-corrected chi connectivity index (χ0v) is 13.1. The molecule has 0 saturated heterocycles. The molecule has 1 aromatic heterocycles. The molecule has 1 nitrogen and oxygen atoms in total. The van der Waals surface area contributed by atoms with Crippen molar-refractivity contribution >= 4 is 6.08 Å². The third-order valence-corrected chi connectivity index (χ3v) is 3.78. The van der Waals surface area contributed by atoms with E-state index in [0.29, 0.717) is 0 Å². The standard InChI is InChI=1S/C22H18O/c1-3-19(16-18-10-6-4-7-11-18)22(20-12-8-5-9-13-20)21-15-14-17(2)23-21/h1,4-16,22H,2H3/b19-16+. The second kappa shape index (κ2) is 6.85. The number of hydrogen-bond acceptors (Lipinski definition) is 1. The fourth-order valence-corrected chi connectivity index (χ4v) is 2.69. The molecule has 0 N–H and O–H groups in total. The highest BCUT2D eigenvalue weighted by Gasteiger charge is 2.21. The van der Waals surface area contributed by atoms with Crippen LogP contribution < -0.4 is 0 Å². The van der Waals surface area contributed by atoms with Crippen molar-refractivity contribution < 1.29 is 4.42 Å². The number of aryl methyl sites for hydroxylation is 1. The van der Waals surface area contributed by atoms with E-state index >= 15 is 0 Å². The van der Waals surface area contributed by atoms with Gasteiger partial charge in [-0.1, -0.05) is 66.6 Å². The average Bonchev–Trinajstić information content (AvgIpc) is 3.02. The molecule has 0 aliphatic rings. The zero-order chi connectivity index (χ0) is 16.1. The van der Waals surface area contributed by atoms with Crippen LogP contribution in [-0.2, 0) is 0 Å². The van der Waals surface area contributed by atoms with E-state index in [2.05, 4.69) is 24.1 Å². The molecule has 1 atom stereocenters. The van der Waals surface area contributed by atoms with Gasteiger partial charge in [0.1, 0.15) is 11.5 Å². The van der Waals surface area contributed by atoms with Gasteiger partial charge in [0.05, 0.1) is 5.92 Å². The molecule has 1 heteroatoms. The molecule has 0 aliphatic carbocycles. The second-order valence-electron chi connectivity index (χ2n) is 5.45. The minimum Gasteiger partial charge on any atom is -0.465 e. The molecule has 0 amide bonds. The zero-order valence-electron chi connectivity index (χ0n) is 13.1. The highest BCUT2D eigenvalue weighted by atomic mass is 16.3. The molecule has 0 saturated carbocycles. The maximum absolute atomic E-state index is 5.88. The van der Waals surface area contributed by atoms with Gasteiger partial charge in [0.25, 0.3) is 0 Å². The summed E-state index contributed by atoms with van der Waals surface area (Å²) in [6, 6.07) is 24.3. The quantitative estimate of drug-likeness (QED) is 0.585. The maximum atomic E-state index is 5.88. The number of benzene rings is 2. The summed E-state index contributed by atoms with van der Waals surface area (Å²) < 4.78 is 5.88. The van der Waals surface area contributed by atoms with Crippen LogP contribution in [0.5, 0.6) is 0 Å². The van der Waals surface area contributed by atoms with Gasteiger partial charge in [0.2, 0.25) is 0 Å². The number of terminal acetylenes is 1. The Kier molecular flexibility index (Phi) is 4.45. The van der Waals surface area contributed by atoms with Crippen molar-refractivity contribution in [1.29, 1.82) is 0 Å². The minimum absolute atomic E-state index is 0.0740. The van der Waals surface area contributed by atoms with Gasteiger partial charge in [-0.2, -0.15) is 0 Å². The predicted molar refractivity (Wildman–Crippen MR) is 95.0 cm³/mol. The van der Waals surface area contributed by atoms with Crippen LogP contribution in [0.4, 0.5) is 0 Å². The van der Waals surface area contributed by atoms with Crippen LogP contribution in [0.2, 0.25) is 0 Å². The van der Waals surface area contributed by atoms with Gasteiger partial charge >= 0.3 is 0 Å². The van der Waals surface area contributed by atoms with Gasteiger partial charge in [0, 0.05) is 5.57 Å². The van der Waals surface area contributed by atoms with Gasteiger partial charge in [0.15, 0.2) is 0 Å². The van der Waals surface area contributed by atoms with Gasteiger partial charge in [-0.25, -0.2) is 0 Å². The number of rotatable bonds is 4. The van der Waals surface area contributed by atoms with Crippen LogP contribution in [0.1, 0.15) is 28.6 Å². The molecule has 0 bridgehead atoms. The summed E-state index contributed by atoms with van der Waals surface area (Å²) in [4.78, 5) is 0. The van der Waals surface area contributed by atoms with Gasteiger partial charge < -0.3 is 4.42 Å². The molecule has 2 aromatic carbocycles. The van der Waals surface area contributed by atoms with E-state index in [1.54, 1.807) is 0 Å². The van der Waals surface area contributed by atoms with Gasteiger partial charge in [-0.05, 0) is 36.3 Å². The van der Waals surface area contributed by atoms with Gasteiger partial charge in [-0.15, -0.1) is 6.42 Å². The highest BCUT2D eigenvalue weighted by molar-refractivity contribution is 5.62. The fourth-order valence-electron chi connectivity index (χ4n) is 2.69.